The maximum Gasteiger partial charge on any atom is 0.416 e. The zero-order valence-electron chi connectivity index (χ0n) is 13.2. The first-order chi connectivity index (χ1) is 11.6. The van der Waals surface area contributed by atoms with Gasteiger partial charge in [0.15, 0.2) is 10.3 Å². The zero-order valence-corrected chi connectivity index (χ0v) is 14.0. The van der Waals surface area contributed by atoms with Gasteiger partial charge in [-0.3, -0.25) is 13.9 Å². The average molecular weight is 370 g/mol. The van der Waals surface area contributed by atoms with Gasteiger partial charge in [-0.1, -0.05) is 12.1 Å². The van der Waals surface area contributed by atoms with E-state index in [4.69, 9.17) is 12.2 Å². The van der Waals surface area contributed by atoms with Crippen molar-refractivity contribution in [3.8, 4) is 0 Å². The second-order valence-electron chi connectivity index (χ2n) is 5.62. The Balaban J connectivity index is 2.22. The highest BCUT2D eigenvalue weighted by atomic mass is 32.1. The molecule has 0 spiro atoms. The molecule has 25 heavy (non-hydrogen) atoms. The van der Waals surface area contributed by atoms with E-state index in [2.05, 4.69) is 4.98 Å². The molecule has 0 aliphatic rings. The van der Waals surface area contributed by atoms with Gasteiger partial charge in [-0.2, -0.15) is 13.2 Å². The third kappa shape index (κ3) is 2.82. The molecule has 6 nitrogen and oxygen atoms in total. The van der Waals surface area contributed by atoms with Gasteiger partial charge in [0.2, 0.25) is 0 Å². The van der Waals surface area contributed by atoms with Gasteiger partial charge in [-0.05, 0) is 29.9 Å². The molecular weight excluding hydrogens is 357 g/mol. The maximum atomic E-state index is 12.9. The van der Waals surface area contributed by atoms with Crippen molar-refractivity contribution < 1.29 is 13.2 Å². The summed E-state index contributed by atoms with van der Waals surface area (Å²) in [4.78, 5) is 27.2. The highest BCUT2D eigenvalue weighted by molar-refractivity contribution is 7.71. The fraction of sp³-hybridized carbons (Fsp3) is 0.267. The van der Waals surface area contributed by atoms with Crippen LogP contribution in [0.1, 0.15) is 11.1 Å². The maximum absolute atomic E-state index is 12.9. The summed E-state index contributed by atoms with van der Waals surface area (Å²) in [5, 5.41) is 0. The molecule has 3 rings (SSSR count). The van der Waals surface area contributed by atoms with E-state index in [1.54, 1.807) is 0 Å². The molecule has 132 valence electrons. The van der Waals surface area contributed by atoms with Crippen LogP contribution in [0.5, 0.6) is 0 Å². The highest BCUT2D eigenvalue weighted by Gasteiger charge is 2.30. The van der Waals surface area contributed by atoms with Crippen LogP contribution in [0.15, 0.2) is 33.9 Å². The predicted octanol–water partition coefficient (Wildman–Crippen LogP) is 2.16. The number of H-pyrrole nitrogens is 1. The number of hydrogen-bond acceptors (Lipinski definition) is 3. The number of nitrogens with zero attached hydrogens (tertiary/aromatic N) is 3. The van der Waals surface area contributed by atoms with Gasteiger partial charge < -0.3 is 9.55 Å². The Morgan fingerprint density at radius 2 is 1.84 bits per heavy atom. The Morgan fingerprint density at radius 1 is 1.16 bits per heavy atom. The fourth-order valence-electron chi connectivity index (χ4n) is 2.66. The third-order valence-electron chi connectivity index (χ3n) is 3.98. The molecule has 0 saturated carbocycles. The van der Waals surface area contributed by atoms with Gasteiger partial charge in [-0.15, -0.1) is 0 Å². The summed E-state index contributed by atoms with van der Waals surface area (Å²) in [5.74, 6) is 0. The molecule has 0 aliphatic carbocycles. The molecule has 0 atom stereocenters. The fourth-order valence-corrected chi connectivity index (χ4v) is 2.92. The van der Waals surface area contributed by atoms with Crippen LogP contribution in [0.25, 0.3) is 11.2 Å². The third-order valence-corrected chi connectivity index (χ3v) is 4.30. The number of aryl methyl sites for hydroxylation is 1. The monoisotopic (exact) mass is 370 g/mol. The number of alkyl halides is 3. The second-order valence-corrected chi connectivity index (χ2v) is 6.00. The summed E-state index contributed by atoms with van der Waals surface area (Å²) < 4.78 is 42.3. The van der Waals surface area contributed by atoms with Gasteiger partial charge in [0.1, 0.15) is 5.65 Å². The SMILES string of the molecule is Cn1c(=O)c2c([nH]c(=S)n2Cc2cccc(C(F)(F)F)c2)n(C)c1=O. The molecule has 1 N–H and O–H groups in total. The Kier molecular flexibility index (Phi) is 3.94. The molecule has 0 amide bonds. The highest BCUT2D eigenvalue weighted by Crippen LogP contribution is 2.29. The lowest BCUT2D eigenvalue weighted by Crippen LogP contribution is -2.37. The van der Waals surface area contributed by atoms with Crippen molar-refractivity contribution in [3.63, 3.8) is 0 Å². The number of nitrogens with one attached hydrogen (secondary N) is 1. The van der Waals surface area contributed by atoms with Crippen molar-refractivity contribution in [2.75, 3.05) is 0 Å². The summed E-state index contributed by atoms with van der Waals surface area (Å²) in [7, 11) is 2.80. The number of hydrogen-bond donors (Lipinski definition) is 1. The summed E-state index contributed by atoms with van der Waals surface area (Å²) in [6.07, 6.45) is -4.46. The lowest BCUT2D eigenvalue weighted by atomic mass is 10.1. The van der Waals surface area contributed by atoms with Crippen molar-refractivity contribution in [1.82, 2.24) is 18.7 Å². The smallest absolute Gasteiger partial charge is 0.316 e. The van der Waals surface area contributed by atoms with Crippen molar-refractivity contribution in [2.24, 2.45) is 14.1 Å². The van der Waals surface area contributed by atoms with Crippen molar-refractivity contribution >= 4 is 23.4 Å². The van der Waals surface area contributed by atoms with Gasteiger partial charge in [0.05, 0.1) is 12.1 Å². The molecule has 0 radical (unpaired) electrons. The van der Waals surface area contributed by atoms with Crippen LogP contribution >= 0.6 is 12.2 Å². The van der Waals surface area contributed by atoms with Crippen LogP contribution in [0.3, 0.4) is 0 Å². The van der Waals surface area contributed by atoms with Crippen molar-refractivity contribution in [1.29, 1.82) is 0 Å². The summed E-state index contributed by atoms with van der Waals surface area (Å²) in [6.45, 7) is -0.0316. The van der Waals surface area contributed by atoms with Crippen LogP contribution < -0.4 is 11.2 Å². The van der Waals surface area contributed by atoms with Gasteiger partial charge in [-0.25, -0.2) is 4.79 Å². The molecule has 0 fully saturated rings. The molecule has 0 saturated heterocycles. The molecule has 0 aliphatic heterocycles. The number of halogens is 3. The first-order valence-electron chi connectivity index (χ1n) is 7.16. The summed E-state index contributed by atoms with van der Waals surface area (Å²) >= 11 is 5.19. The quantitative estimate of drug-likeness (QED) is 0.703. The Labute approximate surface area is 143 Å². The Bertz CT molecular complexity index is 1150. The van der Waals surface area contributed by atoms with Gasteiger partial charge in [0, 0.05) is 14.1 Å². The minimum absolute atomic E-state index is 0.0316. The first kappa shape index (κ1) is 17.2. The first-order valence-corrected chi connectivity index (χ1v) is 7.56. The number of benzene rings is 1. The van der Waals surface area contributed by atoms with Crippen LogP contribution in [-0.4, -0.2) is 18.7 Å². The minimum Gasteiger partial charge on any atom is -0.316 e. The number of fused-ring (bicyclic) bond motifs is 1. The standard InChI is InChI=1S/C15H13F3N4O2S/c1-20-11-10(12(23)21(2)14(20)24)22(13(25)19-11)7-8-4-3-5-9(6-8)15(16,17)18/h3-6H,7H2,1-2H3,(H,19,25). The molecule has 3 aromatic rings. The number of rotatable bonds is 2. The molecule has 2 aromatic heterocycles. The molecule has 0 bridgehead atoms. The predicted molar refractivity (Wildman–Crippen MR) is 88.2 cm³/mol. The molecular formula is C15H13F3N4O2S. The van der Waals surface area contributed by atoms with E-state index in [0.717, 1.165) is 16.7 Å². The van der Waals surface area contributed by atoms with Crippen molar-refractivity contribution in [3.05, 3.63) is 61.0 Å². The van der Waals surface area contributed by atoms with Gasteiger partial charge in [0.25, 0.3) is 5.56 Å². The van der Waals surface area contributed by atoms with Crippen LogP contribution in [0, 0.1) is 4.77 Å². The van der Waals surface area contributed by atoms with E-state index in [-0.39, 0.29) is 22.5 Å². The number of imidazole rings is 1. The van der Waals surface area contributed by atoms with E-state index < -0.39 is 23.0 Å². The Morgan fingerprint density at radius 3 is 2.48 bits per heavy atom. The molecule has 0 unspecified atom stereocenters. The lowest BCUT2D eigenvalue weighted by molar-refractivity contribution is -0.137. The van der Waals surface area contributed by atoms with E-state index in [1.165, 1.54) is 35.4 Å². The second kappa shape index (κ2) is 5.73. The van der Waals surface area contributed by atoms with E-state index in [1.807, 2.05) is 0 Å². The summed E-state index contributed by atoms with van der Waals surface area (Å²) in [5.41, 5.74) is -1.19. The van der Waals surface area contributed by atoms with E-state index >= 15 is 0 Å². The Hall–Kier alpha value is -2.62. The van der Waals surface area contributed by atoms with Crippen molar-refractivity contribution in [2.45, 2.75) is 12.7 Å². The topological polar surface area (TPSA) is 64.7 Å². The van der Waals surface area contributed by atoms with E-state index in [9.17, 15) is 22.8 Å². The van der Waals surface area contributed by atoms with E-state index in [0.29, 0.717) is 5.56 Å². The zero-order chi connectivity index (χ0) is 18.5. The normalized spacial score (nSPS) is 12.0. The van der Waals surface area contributed by atoms with Crippen LogP contribution in [0.2, 0.25) is 0 Å². The number of aromatic nitrogens is 4. The van der Waals surface area contributed by atoms with Crippen LogP contribution in [0.4, 0.5) is 13.2 Å². The minimum atomic E-state index is -4.46. The van der Waals surface area contributed by atoms with Crippen LogP contribution in [-0.2, 0) is 26.8 Å². The van der Waals surface area contributed by atoms with Gasteiger partial charge >= 0.3 is 11.9 Å². The average Bonchev–Trinajstić information content (AvgIpc) is 2.87. The molecule has 1 aromatic carbocycles. The largest absolute Gasteiger partial charge is 0.416 e. The summed E-state index contributed by atoms with van der Waals surface area (Å²) in [6, 6.07) is 4.79. The lowest BCUT2D eigenvalue weighted by Gasteiger charge is -2.10. The molecule has 2 heterocycles. The molecule has 10 heteroatoms. The number of aromatic amines is 1.